The minimum atomic E-state index is -1.05. The number of carboxylic acids is 1. The van der Waals surface area contributed by atoms with Gasteiger partial charge in [-0.15, -0.1) is 11.3 Å². The standard InChI is InChI=1S/C13H15N3O4S/c1-8(6-20-2)16-4-3-11(15-16)14-12(17)10-5-9(7-21-10)13(18)19/h3-5,7-8H,6H2,1-2H3,(H,18,19)(H,14,15,17). The van der Waals surface area contributed by atoms with Crippen LogP contribution in [0.15, 0.2) is 23.7 Å². The van der Waals surface area contributed by atoms with Gasteiger partial charge in [0.15, 0.2) is 5.82 Å². The van der Waals surface area contributed by atoms with Gasteiger partial charge in [-0.25, -0.2) is 4.79 Å². The molecule has 112 valence electrons. The summed E-state index contributed by atoms with van der Waals surface area (Å²) in [4.78, 5) is 23.1. The van der Waals surface area contributed by atoms with Crippen LogP contribution >= 0.6 is 11.3 Å². The molecule has 8 heteroatoms. The van der Waals surface area contributed by atoms with Gasteiger partial charge in [0.2, 0.25) is 0 Å². The number of thiophene rings is 1. The first-order valence-corrected chi connectivity index (χ1v) is 7.06. The normalized spacial score (nSPS) is 12.1. The summed E-state index contributed by atoms with van der Waals surface area (Å²) in [7, 11) is 1.61. The van der Waals surface area contributed by atoms with Gasteiger partial charge in [-0.05, 0) is 13.0 Å². The lowest BCUT2D eigenvalue weighted by Crippen LogP contribution is -2.14. The van der Waals surface area contributed by atoms with Gasteiger partial charge in [0.25, 0.3) is 5.91 Å². The van der Waals surface area contributed by atoms with Crippen molar-refractivity contribution in [2.45, 2.75) is 13.0 Å². The van der Waals surface area contributed by atoms with Crippen molar-refractivity contribution in [2.75, 3.05) is 19.0 Å². The minimum absolute atomic E-state index is 0.0565. The van der Waals surface area contributed by atoms with Gasteiger partial charge in [0.1, 0.15) is 0 Å². The molecule has 0 aromatic carbocycles. The highest BCUT2D eigenvalue weighted by atomic mass is 32.1. The van der Waals surface area contributed by atoms with Gasteiger partial charge >= 0.3 is 5.97 Å². The van der Waals surface area contributed by atoms with E-state index in [9.17, 15) is 9.59 Å². The van der Waals surface area contributed by atoms with Gasteiger partial charge in [-0.1, -0.05) is 0 Å². The fraction of sp³-hybridized carbons (Fsp3) is 0.308. The first kappa shape index (κ1) is 15.2. The number of carboxylic acid groups (broad SMARTS) is 1. The highest BCUT2D eigenvalue weighted by Crippen LogP contribution is 2.17. The van der Waals surface area contributed by atoms with E-state index < -0.39 is 5.97 Å². The maximum atomic E-state index is 12.0. The Morgan fingerprint density at radius 3 is 2.95 bits per heavy atom. The molecule has 0 radical (unpaired) electrons. The van der Waals surface area contributed by atoms with Crippen molar-refractivity contribution in [2.24, 2.45) is 0 Å². The van der Waals surface area contributed by atoms with Crippen molar-refractivity contribution < 1.29 is 19.4 Å². The van der Waals surface area contributed by atoms with Gasteiger partial charge in [0, 0.05) is 24.8 Å². The number of hydrogen-bond acceptors (Lipinski definition) is 5. The first-order valence-electron chi connectivity index (χ1n) is 6.18. The number of aromatic nitrogens is 2. The number of amides is 1. The molecule has 2 N–H and O–H groups in total. The molecule has 0 spiro atoms. The summed E-state index contributed by atoms with van der Waals surface area (Å²) < 4.78 is 6.73. The van der Waals surface area contributed by atoms with E-state index in [1.807, 2.05) is 6.92 Å². The summed E-state index contributed by atoms with van der Waals surface area (Å²) in [6.45, 7) is 2.46. The second-order valence-electron chi connectivity index (χ2n) is 4.44. The van der Waals surface area contributed by atoms with Crippen molar-refractivity contribution in [3.63, 3.8) is 0 Å². The summed E-state index contributed by atoms with van der Waals surface area (Å²) >= 11 is 1.08. The van der Waals surface area contributed by atoms with E-state index >= 15 is 0 Å². The van der Waals surface area contributed by atoms with Crippen molar-refractivity contribution in [3.05, 3.63) is 34.2 Å². The Balaban J connectivity index is 2.03. The molecule has 0 aliphatic carbocycles. The maximum Gasteiger partial charge on any atom is 0.336 e. The molecule has 2 rings (SSSR count). The zero-order chi connectivity index (χ0) is 15.4. The van der Waals surface area contributed by atoms with E-state index in [4.69, 9.17) is 9.84 Å². The lowest BCUT2D eigenvalue weighted by Gasteiger charge is -2.10. The van der Waals surface area contributed by atoms with Crippen LogP contribution < -0.4 is 5.32 Å². The Morgan fingerprint density at radius 2 is 2.33 bits per heavy atom. The predicted octanol–water partition coefficient (Wildman–Crippen LogP) is 2.10. The molecular formula is C13H15N3O4S. The van der Waals surface area contributed by atoms with Crippen molar-refractivity contribution in [1.82, 2.24) is 9.78 Å². The summed E-state index contributed by atoms with van der Waals surface area (Å²) in [5.74, 6) is -1.02. The van der Waals surface area contributed by atoms with E-state index in [1.54, 1.807) is 24.1 Å². The fourth-order valence-corrected chi connectivity index (χ4v) is 2.49. The highest BCUT2D eigenvalue weighted by molar-refractivity contribution is 7.12. The fourth-order valence-electron chi connectivity index (χ4n) is 1.71. The van der Waals surface area contributed by atoms with Crippen molar-refractivity contribution >= 4 is 29.0 Å². The number of rotatable bonds is 6. The molecule has 0 bridgehead atoms. The van der Waals surface area contributed by atoms with Crippen molar-refractivity contribution in [1.29, 1.82) is 0 Å². The lowest BCUT2D eigenvalue weighted by atomic mass is 10.3. The number of carbonyl (C=O) groups is 2. The number of anilines is 1. The zero-order valence-electron chi connectivity index (χ0n) is 11.6. The second-order valence-corrected chi connectivity index (χ2v) is 5.36. The lowest BCUT2D eigenvalue weighted by molar-refractivity contribution is 0.0697. The van der Waals surface area contributed by atoms with Crippen LogP contribution in [0, 0.1) is 0 Å². The average molecular weight is 309 g/mol. The van der Waals surface area contributed by atoms with E-state index in [-0.39, 0.29) is 17.5 Å². The molecule has 0 aliphatic heterocycles. The molecule has 1 amide bonds. The third kappa shape index (κ3) is 3.67. The maximum absolute atomic E-state index is 12.0. The second kappa shape index (κ2) is 6.51. The Kier molecular flexibility index (Phi) is 4.71. The van der Waals surface area contributed by atoms with Gasteiger partial charge in [-0.3, -0.25) is 9.48 Å². The molecule has 0 saturated heterocycles. The molecule has 0 aliphatic rings. The molecule has 1 unspecified atom stereocenters. The number of nitrogens with one attached hydrogen (secondary N) is 1. The molecule has 1 atom stereocenters. The summed E-state index contributed by atoms with van der Waals surface area (Å²) in [6, 6.07) is 3.07. The Labute approximate surface area is 125 Å². The number of nitrogens with zero attached hydrogens (tertiary/aromatic N) is 2. The van der Waals surface area contributed by atoms with Crippen LogP contribution in [0.5, 0.6) is 0 Å². The molecule has 21 heavy (non-hydrogen) atoms. The number of aromatic carboxylic acids is 1. The van der Waals surface area contributed by atoms with Crippen molar-refractivity contribution in [3.8, 4) is 0 Å². The third-order valence-corrected chi connectivity index (χ3v) is 3.71. The molecular weight excluding hydrogens is 294 g/mol. The smallest absolute Gasteiger partial charge is 0.336 e. The van der Waals surface area contributed by atoms with Crippen LogP contribution in [-0.4, -0.2) is 40.5 Å². The largest absolute Gasteiger partial charge is 0.478 e. The molecule has 2 aromatic heterocycles. The van der Waals surface area contributed by atoms with Crippen LogP contribution in [-0.2, 0) is 4.74 Å². The predicted molar refractivity (Wildman–Crippen MR) is 78.0 cm³/mol. The number of methoxy groups -OCH3 is 1. The van der Waals surface area contributed by atoms with Gasteiger partial charge in [0.05, 0.1) is 23.1 Å². The van der Waals surface area contributed by atoms with E-state index in [2.05, 4.69) is 10.4 Å². The Morgan fingerprint density at radius 1 is 1.57 bits per heavy atom. The SMILES string of the molecule is COCC(C)n1ccc(NC(=O)c2cc(C(=O)O)cs2)n1. The average Bonchev–Trinajstić information content (AvgIpc) is 3.07. The summed E-state index contributed by atoms with van der Waals surface area (Å²) in [6.07, 6.45) is 1.75. The van der Waals surface area contributed by atoms with Gasteiger partial charge in [-0.2, -0.15) is 5.10 Å². The van der Waals surface area contributed by atoms with E-state index in [1.165, 1.54) is 11.4 Å². The highest BCUT2D eigenvalue weighted by Gasteiger charge is 2.14. The summed E-state index contributed by atoms with van der Waals surface area (Å²) in [5, 5.41) is 17.1. The minimum Gasteiger partial charge on any atom is -0.478 e. The first-order chi connectivity index (χ1) is 10.0. The van der Waals surface area contributed by atoms with E-state index in [0.717, 1.165) is 11.3 Å². The van der Waals surface area contributed by atoms with Crippen LogP contribution in [0.3, 0.4) is 0 Å². The molecule has 7 nitrogen and oxygen atoms in total. The Bertz CT molecular complexity index is 649. The molecule has 0 fully saturated rings. The summed E-state index contributed by atoms with van der Waals surface area (Å²) in [5.41, 5.74) is 0.101. The van der Waals surface area contributed by atoms with Crippen LogP contribution in [0.1, 0.15) is 33.0 Å². The molecule has 2 heterocycles. The number of ether oxygens (including phenoxy) is 1. The molecule has 0 saturated carbocycles. The topological polar surface area (TPSA) is 93.5 Å². The quantitative estimate of drug-likeness (QED) is 0.852. The third-order valence-electron chi connectivity index (χ3n) is 2.78. The Hall–Kier alpha value is -2.19. The number of hydrogen-bond donors (Lipinski definition) is 2. The zero-order valence-corrected chi connectivity index (χ0v) is 12.4. The monoisotopic (exact) mass is 309 g/mol. The molecule has 2 aromatic rings. The van der Waals surface area contributed by atoms with Crippen LogP contribution in [0.25, 0.3) is 0 Å². The number of carbonyl (C=O) groups excluding carboxylic acids is 1. The van der Waals surface area contributed by atoms with E-state index in [0.29, 0.717) is 17.3 Å². The van der Waals surface area contributed by atoms with Crippen LogP contribution in [0.4, 0.5) is 5.82 Å². The van der Waals surface area contributed by atoms with Crippen LogP contribution in [0.2, 0.25) is 0 Å². The van der Waals surface area contributed by atoms with Gasteiger partial charge < -0.3 is 15.2 Å².